The van der Waals surface area contributed by atoms with Crippen LogP contribution >= 0.6 is 0 Å². The van der Waals surface area contributed by atoms with Crippen LogP contribution in [-0.4, -0.2) is 38.1 Å². The van der Waals surface area contributed by atoms with Gasteiger partial charge in [0.05, 0.1) is 26.4 Å². The van der Waals surface area contributed by atoms with Crippen molar-refractivity contribution in [3.05, 3.63) is 18.2 Å². The van der Waals surface area contributed by atoms with Gasteiger partial charge < -0.3 is 25.6 Å². The number of aliphatic hydroxyl groups is 1. The zero-order valence-corrected chi connectivity index (χ0v) is 10.1. The third kappa shape index (κ3) is 5.42. The Kier molecular flexibility index (Phi) is 6.21. The van der Waals surface area contributed by atoms with Gasteiger partial charge in [-0.1, -0.05) is 0 Å². The monoisotopic (exact) mass is 240 g/mol. The molecular formula is C12H20N2O3. The van der Waals surface area contributed by atoms with Crippen molar-refractivity contribution in [1.82, 2.24) is 0 Å². The highest BCUT2D eigenvalue weighted by molar-refractivity contribution is 5.59. The molecule has 0 saturated heterocycles. The number of nitrogen functional groups attached to an aromatic ring is 1. The van der Waals surface area contributed by atoms with Crippen LogP contribution in [-0.2, 0) is 4.74 Å². The summed E-state index contributed by atoms with van der Waals surface area (Å²) < 4.78 is 10.5. The molecule has 96 valence electrons. The standard InChI is InChI=1S/C12H20N2O3/c1-2-17-12-8-10(13)7-11(9-12)14-3-5-16-6-4-15/h7-9,14-15H,2-6,13H2,1H3. The second-order valence-corrected chi connectivity index (χ2v) is 3.49. The Labute approximate surface area is 102 Å². The highest BCUT2D eigenvalue weighted by Gasteiger charge is 1.99. The molecule has 1 aromatic rings. The van der Waals surface area contributed by atoms with E-state index in [1.165, 1.54) is 0 Å². The second-order valence-electron chi connectivity index (χ2n) is 3.49. The van der Waals surface area contributed by atoms with Gasteiger partial charge in [0.1, 0.15) is 5.75 Å². The third-order valence-electron chi connectivity index (χ3n) is 2.05. The molecule has 0 amide bonds. The van der Waals surface area contributed by atoms with Crippen molar-refractivity contribution in [2.24, 2.45) is 0 Å². The van der Waals surface area contributed by atoms with Gasteiger partial charge in [-0.3, -0.25) is 0 Å². The molecule has 0 aromatic heterocycles. The van der Waals surface area contributed by atoms with Crippen molar-refractivity contribution in [2.45, 2.75) is 6.92 Å². The Morgan fingerprint density at radius 1 is 1.29 bits per heavy atom. The normalized spacial score (nSPS) is 10.2. The Balaban J connectivity index is 2.41. The smallest absolute Gasteiger partial charge is 0.123 e. The van der Waals surface area contributed by atoms with E-state index in [1.54, 1.807) is 6.07 Å². The number of nitrogens with one attached hydrogen (secondary N) is 1. The molecule has 0 radical (unpaired) electrons. The van der Waals surface area contributed by atoms with Crippen LogP contribution in [0.2, 0.25) is 0 Å². The van der Waals surface area contributed by atoms with Crippen LogP contribution in [0.5, 0.6) is 5.75 Å². The molecule has 0 aliphatic rings. The molecule has 0 bridgehead atoms. The van der Waals surface area contributed by atoms with Gasteiger partial charge in [-0.25, -0.2) is 0 Å². The first-order valence-corrected chi connectivity index (χ1v) is 5.72. The lowest BCUT2D eigenvalue weighted by molar-refractivity contribution is 0.0992. The Hall–Kier alpha value is -1.46. The average molecular weight is 240 g/mol. The fourth-order valence-corrected chi connectivity index (χ4v) is 1.41. The van der Waals surface area contributed by atoms with E-state index in [9.17, 15) is 0 Å². The van der Waals surface area contributed by atoms with Crippen molar-refractivity contribution in [1.29, 1.82) is 0 Å². The van der Waals surface area contributed by atoms with Crippen molar-refractivity contribution in [3.8, 4) is 5.75 Å². The van der Waals surface area contributed by atoms with Gasteiger partial charge in [0.25, 0.3) is 0 Å². The highest BCUT2D eigenvalue weighted by atomic mass is 16.5. The van der Waals surface area contributed by atoms with Gasteiger partial charge in [0.15, 0.2) is 0 Å². The summed E-state index contributed by atoms with van der Waals surface area (Å²) in [6.07, 6.45) is 0. The largest absolute Gasteiger partial charge is 0.494 e. The zero-order valence-electron chi connectivity index (χ0n) is 10.1. The van der Waals surface area contributed by atoms with Crippen molar-refractivity contribution in [2.75, 3.05) is 44.0 Å². The molecule has 1 aromatic carbocycles. The first-order chi connectivity index (χ1) is 8.26. The summed E-state index contributed by atoms with van der Waals surface area (Å²) in [5.74, 6) is 0.756. The maximum Gasteiger partial charge on any atom is 0.123 e. The van der Waals surface area contributed by atoms with E-state index >= 15 is 0 Å². The number of hydrogen-bond acceptors (Lipinski definition) is 5. The Morgan fingerprint density at radius 2 is 2.12 bits per heavy atom. The maximum absolute atomic E-state index is 8.54. The quantitative estimate of drug-likeness (QED) is 0.468. The summed E-state index contributed by atoms with van der Waals surface area (Å²) in [5.41, 5.74) is 7.32. The summed E-state index contributed by atoms with van der Waals surface area (Å²) in [7, 11) is 0. The highest BCUT2D eigenvalue weighted by Crippen LogP contribution is 2.22. The Morgan fingerprint density at radius 3 is 2.82 bits per heavy atom. The van der Waals surface area contributed by atoms with Crippen LogP contribution in [0, 0.1) is 0 Å². The lowest BCUT2D eigenvalue weighted by Gasteiger charge is -2.10. The number of rotatable bonds is 8. The van der Waals surface area contributed by atoms with Crippen molar-refractivity contribution < 1.29 is 14.6 Å². The van der Waals surface area contributed by atoms with Gasteiger partial charge in [-0.2, -0.15) is 0 Å². The summed E-state index contributed by atoms with van der Waals surface area (Å²) in [5, 5.41) is 11.7. The van der Waals surface area contributed by atoms with Crippen LogP contribution in [0.25, 0.3) is 0 Å². The zero-order chi connectivity index (χ0) is 12.5. The number of aliphatic hydroxyl groups excluding tert-OH is 1. The molecule has 5 nitrogen and oxygen atoms in total. The number of nitrogens with two attached hydrogens (primary N) is 1. The SMILES string of the molecule is CCOc1cc(N)cc(NCCOCCO)c1. The maximum atomic E-state index is 8.54. The van der Waals surface area contributed by atoms with Crippen LogP contribution in [0.15, 0.2) is 18.2 Å². The fraction of sp³-hybridized carbons (Fsp3) is 0.500. The number of ether oxygens (including phenoxy) is 2. The summed E-state index contributed by atoms with van der Waals surface area (Å²) in [4.78, 5) is 0. The number of anilines is 2. The molecule has 0 heterocycles. The first kappa shape index (κ1) is 13.6. The summed E-state index contributed by atoms with van der Waals surface area (Å²) in [6.45, 7) is 4.16. The molecule has 5 heteroatoms. The summed E-state index contributed by atoms with van der Waals surface area (Å²) >= 11 is 0. The van der Waals surface area contributed by atoms with Gasteiger partial charge in [0.2, 0.25) is 0 Å². The lowest BCUT2D eigenvalue weighted by Crippen LogP contribution is -2.11. The van der Waals surface area contributed by atoms with Gasteiger partial charge in [0, 0.05) is 30.1 Å². The minimum atomic E-state index is 0.0484. The fourth-order valence-electron chi connectivity index (χ4n) is 1.41. The molecule has 0 saturated carbocycles. The van der Waals surface area contributed by atoms with E-state index in [2.05, 4.69) is 5.32 Å². The van der Waals surface area contributed by atoms with Gasteiger partial charge in [-0.05, 0) is 13.0 Å². The molecule has 0 fully saturated rings. The molecule has 1 rings (SSSR count). The molecule has 0 atom stereocenters. The first-order valence-electron chi connectivity index (χ1n) is 5.72. The number of benzene rings is 1. The van der Waals surface area contributed by atoms with Crippen LogP contribution in [0.4, 0.5) is 11.4 Å². The predicted octanol–water partition coefficient (Wildman–Crippen LogP) is 1.09. The van der Waals surface area contributed by atoms with E-state index in [0.29, 0.717) is 32.1 Å². The molecule has 0 unspecified atom stereocenters. The van der Waals surface area contributed by atoms with Crippen molar-refractivity contribution >= 4 is 11.4 Å². The Bertz CT molecular complexity index is 332. The average Bonchev–Trinajstić information content (AvgIpc) is 2.28. The molecule has 17 heavy (non-hydrogen) atoms. The third-order valence-corrected chi connectivity index (χ3v) is 2.05. The van der Waals surface area contributed by atoms with Crippen molar-refractivity contribution in [3.63, 3.8) is 0 Å². The van der Waals surface area contributed by atoms with E-state index in [0.717, 1.165) is 11.4 Å². The van der Waals surface area contributed by atoms with Crippen LogP contribution in [0.3, 0.4) is 0 Å². The summed E-state index contributed by atoms with van der Waals surface area (Å²) in [6, 6.07) is 5.53. The topological polar surface area (TPSA) is 76.7 Å². The van der Waals surface area contributed by atoms with E-state index in [-0.39, 0.29) is 6.61 Å². The van der Waals surface area contributed by atoms with Gasteiger partial charge >= 0.3 is 0 Å². The minimum absolute atomic E-state index is 0.0484. The second kappa shape index (κ2) is 7.76. The van der Waals surface area contributed by atoms with Gasteiger partial charge in [-0.15, -0.1) is 0 Å². The molecule has 0 aliphatic carbocycles. The van der Waals surface area contributed by atoms with E-state index in [1.807, 2.05) is 19.1 Å². The van der Waals surface area contributed by atoms with E-state index in [4.69, 9.17) is 20.3 Å². The van der Waals surface area contributed by atoms with Crippen LogP contribution < -0.4 is 15.8 Å². The lowest BCUT2D eigenvalue weighted by atomic mass is 10.2. The molecule has 0 aliphatic heterocycles. The minimum Gasteiger partial charge on any atom is -0.494 e. The molecule has 4 N–H and O–H groups in total. The van der Waals surface area contributed by atoms with Crippen LogP contribution in [0.1, 0.15) is 6.92 Å². The predicted molar refractivity (Wildman–Crippen MR) is 68.4 cm³/mol. The molecular weight excluding hydrogens is 220 g/mol. The number of hydrogen-bond donors (Lipinski definition) is 3. The molecule has 0 spiro atoms. The van der Waals surface area contributed by atoms with E-state index < -0.39 is 0 Å².